The van der Waals surface area contributed by atoms with Gasteiger partial charge < -0.3 is 10.2 Å². The van der Waals surface area contributed by atoms with Gasteiger partial charge in [0.2, 0.25) is 0 Å². The fraction of sp³-hybridized carbons (Fsp3) is 0.667. The van der Waals surface area contributed by atoms with E-state index in [0.717, 1.165) is 35.8 Å². The van der Waals surface area contributed by atoms with Crippen molar-refractivity contribution in [3.8, 4) is 0 Å². The Morgan fingerprint density at radius 3 is 2.79 bits per heavy atom. The van der Waals surface area contributed by atoms with Crippen molar-refractivity contribution in [2.45, 2.75) is 46.2 Å². The molecule has 1 aliphatic carbocycles. The van der Waals surface area contributed by atoms with Crippen LogP contribution in [-0.2, 0) is 6.54 Å². The zero-order chi connectivity index (χ0) is 13.8. The molecule has 1 N–H and O–H groups in total. The molecule has 0 aliphatic heterocycles. The Hall–Kier alpha value is -0.610. The fourth-order valence-electron chi connectivity index (χ4n) is 2.24. The summed E-state index contributed by atoms with van der Waals surface area (Å²) in [5, 5.41) is 3.41. The highest BCUT2D eigenvalue weighted by Crippen LogP contribution is 2.33. The summed E-state index contributed by atoms with van der Waals surface area (Å²) in [5.41, 5.74) is 1.28. The summed E-state index contributed by atoms with van der Waals surface area (Å²) < 4.78 is 1.05. The molecule has 1 aromatic heterocycles. The number of anilines is 1. The van der Waals surface area contributed by atoms with Crippen LogP contribution >= 0.6 is 15.9 Å². The number of nitrogens with one attached hydrogen (secondary N) is 1. The molecule has 2 rings (SSSR count). The molecule has 4 heteroatoms. The summed E-state index contributed by atoms with van der Waals surface area (Å²) in [7, 11) is 0. The lowest BCUT2D eigenvalue weighted by Crippen LogP contribution is -2.34. The molecule has 0 amide bonds. The minimum absolute atomic E-state index is 0.495. The van der Waals surface area contributed by atoms with Gasteiger partial charge in [-0.1, -0.05) is 6.92 Å². The first-order valence-electron chi connectivity index (χ1n) is 7.23. The van der Waals surface area contributed by atoms with Crippen LogP contribution in [0.5, 0.6) is 0 Å². The van der Waals surface area contributed by atoms with Crippen LogP contribution in [0, 0.1) is 5.92 Å². The summed E-state index contributed by atoms with van der Waals surface area (Å²) >= 11 is 3.53. The first-order chi connectivity index (χ1) is 9.11. The summed E-state index contributed by atoms with van der Waals surface area (Å²) in [6.45, 7) is 9.65. The van der Waals surface area contributed by atoms with Crippen molar-refractivity contribution < 1.29 is 0 Å². The van der Waals surface area contributed by atoms with E-state index in [1.807, 2.05) is 6.20 Å². The first-order valence-corrected chi connectivity index (χ1v) is 8.03. The number of rotatable bonds is 7. The van der Waals surface area contributed by atoms with Crippen molar-refractivity contribution in [1.29, 1.82) is 0 Å². The van der Waals surface area contributed by atoms with Gasteiger partial charge in [0.1, 0.15) is 5.82 Å². The molecule has 3 nitrogen and oxygen atoms in total. The predicted molar refractivity (Wildman–Crippen MR) is 84.5 cm³/mol. The maximum absolute atomic E-state index is 4.67. The largest absolute Gasteiger partial charge is 0.354 e. The number of hydrogen-bond acceptors (Lipinski definition) is 3. The van der Waals surface area contributed by atoms with Gasteiger partial charge in [0.05, 0.1) is 0 Å². The smallest absolute Gasteiger partial charge is 0.133 e. The number of pyridine rings is 1. The van der Waals surface area contributed by atoms with E-state index >= 15 is 0 Å². The number of aromatic nitrogens is 1. The molecule has 0 saturated heterocycles. The second-order valence-electron chi connectivity index (χ2n) is 5.61. The summed E-state index contributed by atoms with van der Waals surface area (Å²) in [5.74, 6) is 2.02. The molecule has 1 fully saturated rings. The van der Waals surface area contributed by atoms with Crippen LogP contribution in [0.2, 0.25) is 0 Å². The zero-order valence-electron chi connectivity index (χ0n) is 12.1. The second kappa shape index (κ2) is 6.71. The molecule has 1 aliphatic rings. The third-order valence-electron chi connectivity index (χ3n) is 3.52. The predicted octanol–water partition coefficient (Wildman–Crippen LogP) is 3.58. The molecular weight excluding hydrogens is 302 g/mol. The van der Waals surface area contributed by atoms with E-state index in [-0.39, 0.29) is 0 Å². The Kier molecular flexibility index (Phi) is 5.22. The van der Waals surface area contributed by atoms with Crippen LogP contribution in [0.15, 0.2) is 16.7 Å². The van der Waals surface area contributed by atoms with Gasteiger partial charge in [-0.15, -0.1) is 0 Å². The quantitative estimate of drug-likeness (QED) is 0.830. The molecule has 1 aromatic rings. The third-order valence-corrected chi connectivity index (χ3v) is 3.96. The number of hydrogen-bond donors (Lipinski definition) is 1. The highest BCUT2D eigenvalue weighted by atomic mass is 79.9. The van der Waals surface area contributed by atoms with Gasteiger partial charge in [-0.2, -0.15) is 0 Å². The average molecular weight is 326 g/mol. The van der Waals surface area contributed by atoms with Crippen molar-refractivity contribution in [3.05, 3.63) is 22.3 Å². The van der Waals surface area contributed by atoms with E-state index in [4.69, 9.17) is 0 Å². The van der Waals surface area contributed by atoms with Crippen LogP contribution in [0.3, 0.4) is 0 Å². The average Bonchev–Trinajstić information content (AvgIpc) is 3.18. The fourth-order valence-corrected chi connectivity index (χ4v) is 2.62. The highest BCUT2D eigenvalue weighted by Gasteiger charge is 2.27. The Labute approximate surface area is 124 Å². The summed E-state index contributed by atoms with van der Waals surface area (Å²) in [6, 6.07) is 2.68. The molecule has 0 aromatic carbocycles. The van der Waals surface area contributed by atoms with E-state index in [1.54, 1.807) is 0 Å². The second-order valence-corrected chi connectivity index (χ2v) is 6.52. The van der Waals surface area contributed by atoms with Crippen LogP contribution in [-0.4, -0.2) is 24.1 Å². The van der Waals surface area contributed by atoms with Crippen molar-refractivity contribution in [2.75, 3.05) is 18.0 Å². The SMILES string of the molecule is CCNCc1cc(Br)cnc1N(CC1CC1)C(C)C. The van der Waals surface area contributed by atoms with E-state index in [2.05, 4.69) is 58.0 Å². The topological polar surface area (TPSA) is 28.2 Å². The zero-order valence-corrected chi connectivity index (χ0v) is 13.7. The van der Waals surface area contributed by atoms with Gasteiger partial charge in [-0.3, -0.25) is 0 Å². The molecule has 0 atom stereocenters. The molecule has 106 valence electrons. The first kappa shape index (κ1) is 14.8. The maximum atomic E-state index is 4.67. The Morgan fingerprint density at radius 2 is 2.21 bits per heavy atom. The summed E-state index contributed by atoms with van der Waals surface area (Å²) in [6.07, 6.45) is 4.66. The summed E-state index contributed by atoms with van der Waals surface area (Å²) in [4.78, 5) is 7.13. The number of nitrogens with zero attached hydrogens (tertiary/aromatic N) is 2. The Bertz CT molecular complexity index is 416. The highest BCUT2D eigenvalue weighted by molar-refractivity contribution is 9.10. The van der Waals surface area contributed by atoms with Crippen molar-refractivity contribution in [1.82, 2.24) is 10.3 Å². The Morgan fingerprint density at radius 1 is 1.47 bits per heavy atom. The molecule has 0 bridgehead atoms. The van der Waals surface area contributed by atoms with Gasteiger partial charge >= 0.3 is 0 Å². The maximum Gasteiger partial charge on any atom is 0.133 e. The van der Waals surface area contributed by atoms with Crippen molar-refractivity contribution >= 4 is 21.7 Å². The van der Waals surface area contributed by atoms with E-state index < -0.39 is 0 Å². The van der Waals surface area contributed by atoms with Crippen molar-refractivity contribution in [2.24, 2.45) is 5.92 Å². The molecule has 0 spiro atoms. The normalized spacial score (nSPS) is 15.0. The molecular formula is C15H24BrN3. The monoisotopic (exact) mass is 325 g/mol. The molecule has 0 radical (unpaired) electrons. The lowest BCUT2D eigenvalue weighted by Gasteiger charge is -2.30. The van der Waals surface area contributed by atoms with Crippen LogP contribution in [0.4, 0.5) is 5.82 Å². The van der Waals surface area contributed by atoms with Crippen molar-refractivity contribution in [3.63, 3.8) is 0 Å². The van der Waals surface area contributed by atoms with Crippen LogP contribution < -0.4 is 10.2 Å². The van der Waals surface area contributed by atoms with Gasteiger partial charge in [-0.25, -0.2) is 4.98 Å². The van der Waals surface area contributed by atoms with Crippen LogP contribution in [0.1, 0.15) is 39.2 Å². The molecule has 19 heavy (non-hydrogen) atoms. The van der Waals surface area contributed by atoms with E-state index in [0.29, 0.717) is 6.04 Å². The van der Waals surface area contributed by atoms with Crippen LogP contribution in [0.25, 0.3) is 0 Å². The minimum Gasteiger partial charge on any atom is -0.354 e. The van der Waals surface area contributed by atoms with E-state index in [9.17, 15) is 0 Å². The van der Waals surface area contributed by atoms with Gasteiger partial charge in [0.25, 0.3) is 0 Å². The van der Waals surface area contributed by atoms with E-state index in [1.165, 1.54) is 18.4 Å². The number of halogens is 1. The van der Waals surface area contributed by atoms with Gasteiger partial charge in [-0.05, 0) is 61.1 Å². The van der Waals surface area contributed by atoms with Gasteiger partial charge in [0.15, 0.2) is 0 Å². The minimum atomic E-state index is 0.495. The molecule has 1 heterocycles. The third kappa shape index (κ3) is 4.18. The standard InChI is InChI=1S/C15H24BrN3/c1-4-17-8-13-7-14(16)9-18-15(13)19(11(2)3)10-12-5-6-12/h7,9,11-12,17H,4-6,8,10H2,1-3H3. The lowest BCUT2D eigenvalue weighted by molar-refractivity contribution is 0.627. The molecule has 1 saturated carbocycles. The van der Waals surface area contributed by atoms with Gasteiger partial charge in [0, 0.05) is 35.4 Å². The Balaban J connectivity index is 2.22. The molecule has 0 unspecified atom stereocenters. The lowest BCUT2D eigenvalue weighted by atomic mass is 10.2.